The number of piperazine rings is 1. The molecule has 7 nitrogen and oxygen atoms in total. The van der Waals surface area contributed by atoms with Crippen LogP contribution in [0.5, 0.6) is 5.75 Å². The van der Waals surface area contributed by atoms with E-state index in [0.717, 1.165) is 0 Å². The summed E-state index contributed by atoms with van der Waals surface area (Å²) in [6.07, 6.45) is 0. The number of nitrogens with one attached hydrogen (secondary N) is 1. The number of hydrogen-bond donors (Lipinski definition) is 1. The number of rotatable bonds is 4. The first kappa shape index (κ1) is 20.0. The zero-order valence-corrected chi connectivity index (χ0v) is 16.6. The Morgan fingerprint density at radius 2 is 1.84 bits per heavy atom. The van der Waals surface area contributed by atoms with Crippen LogP contribution in [0.15, 0.2) is 17.0 Å². The van der Waals surface area contributed by atoms with Gasteiger partial charge in [-0.05, 0) is 26.0 Å². The summed E-state index contributed by atoms with van der Waals surface area (Å²) in [5, 5.41) is 3.46. The number of amides is 1. The number of benzene rings is 1. The normalized spacial score (nSPS) is 21.8. The first-order chi connectivity index (χ1) is 11.6. The summed E-state index contributed by atoms with van der Waals surface area (Å²) in [6, 6.07) is 2.79. The van der Waals surface area contributed by atoms with Crippen molar-refractivity contribution in [2.24, 2.45) is 0 Å². The van der Waals surface area contributed by atoms with Crippen LogP contribution in [-0.2, 0) is 10.0 Å². The molecule has 2 unspecified atom stereocenters. The van der Waals surface area contributed by atoms with Crippen molar-refractivity contribution >= 4 is 27.5 Å². The van der Waals surface area contributed by atoms with Gasteiger partial charge in [0.25, 0.3) is 5.91 Å². The van der Waals surface area contributed by atoms with Gasteiger partial charge in [0.15, 0.2) is 5.75 Å². The fraction of sp³-hybridized carbons (Fsp3) is 0.562. The Morgan fingerprint density at radius 3 is 2.32 bits per heavy atom. The van der Waals surface area contributed by atoms with Crippen molar-refractivity contribution in [1.29, 1.82) is 0 Å². The van der Waals surface area contributed by atoms with E-state index in [1.165, 1.54) is 28.4 Å². The molecule has 0 saturated carbocycles. The molecule has 140 valence electrons. The van der Waals surface area contributed by atoms with E-state index in [4.69, 9.17) is 16.3 Å². The van der Waals surface area contributed by atoms with E-state index in [0.29, 0.717) is 13.1 Å². The Morgan fingerprint density at radius 1 is 1.28 bits per heavy atom. The fourth-order valence-corrected chi connectivity index (χ4v) is 5.09. The van der Waals surface area contributed by atoms with Crippen LogP contribution in [-0.4, -0.2) is 69.9 Å². The average molecular weight is 390 g/mol. The van der Waals surface area contributed by atoms with Crippen LogP contribution in [0.3, 0.4) is 0 Å². The first-order valence-corrected chi connectivity index (χ1v) is 9.75. The second-order valence-corrected chi connectivity index (χ2v) is 8.82. The van der Waals surface area contributed by atoms with Crippen LogP contribution >= 0.6 is 11.6 Å². The Balaban J connectivity index is 2.59. The van der Waals surface area contributed by atoms with Crippen LogP contribution in [0.1, 0.15) is 24.2 Å². The third-order valence-electron chi connectivity index (χ3n) is 4.00. The lowest BCUT2D eigenvalue weighted by molar-refractivity contribution is 0.0823. The Hall–Kier alpha value is -1.35. The summed E-state index contributed by atoms with van der Waals surface area (Å²) in [5.41, 5.74) is 0.120. The highest BCUT2D eigenvalue weighted by Crippen LogP contribution is 2.34. The van der Waals surface area contributed by atoms with Crippen LogP contribution in [0.2, 0.25) is 5.02 Å². The third-order valence-corrected chi connectivity index (χ3v) is 6.06. The third kappa shape index (κ3) is 4.08. The SMILES string of the molecule is COc1c(C(=O)N(C)C)cc(Cl)cc1S(=O)(=O)N1CC(C)NC(C)C1. The maximum absolute atomic E-state index is 13.2. The Kier molecular flexibility index (Phi) is 5.98. The molecule has 2 rings (SSSR count). The molecule has 0 radical (unpaired) electrons. The van der Waals surface area contributed by atoms with Crippen LogP contribution in [0, 0.1) is 0 Å². The van der Waals surface area contributed by atoms with Crippen LogP contribution < -0.4 is 10.1 Å². The van der Waals surface area contributed by atoms with Crippen molar-refractivity contribution in [2.45, 2.75) is 30.8 Å². The summed E-state index contributed by atoms with van der Waals surface area (Å²) in [4.78, 5) is 13.7. The van der Waals surface area contributed by atoms with Gasteiger partial charge in [-0.15, -0.1) is 0 Å². The highest BCUT2D eigenvalue weighted by molar-refractivity contribution is 7.89. The number of nitrogens with zero attached hydrogens (tertiary/aromatic N) is 2. The lowest BCUT2D eigenvalue weighted by atomic mass is 10.2. The molecule has 0 aromatic heterocycles. The second kappa shape index (κ2) is 7.49. The molecule has 1 aliphatic heterocycles. The Bertz CT molecular complexity index is 757. The van der Waals surface area contributed by atoms with Gasteiger partial charge in [0.2, 0.25) is 10.0 Å². The molecule has 0 aliphatic carbocycles. The predicted molar refractivity (Wildman–Crippen MR) is 96.8 cm³/mol. The van der Waals surface area contributed by atoms with Gasteiger partial charge in [0.1, 0.15) is 4.90 Å². The van der Waals surface area contributed by atoms with Gasteiger partial charge in [-0.25, -0.2) is 8.42 Å². The summed E-state index contributed by atoms with van der Waals surface area (Å²) >= 11 is 6.11. The second-order valence-electron chi connectivity index (χ2n) is 6.48. The lowest BCUT2D eigenvalue weighted by Crippen LogP contribution is -2.55. The monoisotopic (exact) mass is 389 g/mol. The molecule has 1 heterocycles. The summed E-state index contributed by atoms with van der Waals surface area (Å²) < 4.78 is 33.1. The van der Waals surface area contributed by atoms with Crippen molar-refractivity contribution in [3.05, 3.63) is 22.7 Å². The molecule has 25 heavy (non-hydrogen) atoms. The molecular formula is C16H24ClN3O4S. The molecule has 9 heteroatoms. The van der Waals surface area contributed by atoms with Gasteiger partial charge in [0.05, 0.1) is 12.7 Å². The smallest absolute Gasteiger partial charge is 0.257 e. The Labute approximate surface area is 153 Å². The lowest BCUT2D eigenvalue weighted by Gasteiger charge is -2.35. The topological polar surface area (TPSA) is 79.0 Å². The minimum atomic E-state index is -3.86. The number of halogens is 1. The van der Waals surface area contributed by atoms with Crippen molar-refractivity contribution in [3.8, 4) is 5.75 Å². The van der Waals surface area contributed by atoms with Gasteiger partial charge in [-0.3, -0.25) is 4.79 Å². The molecule has 1 aromatic rings. The maximum Gasteiger partial charge on any atom is 0.257 e. The highest BCUT2D eigenvalue weighted by atomic mass is 35.5. The van der Waals surface area contributed by atoms with Crippen molar-refractivity contribution in [1.82, 2.24) is 14.5 Å². The molecule has 1 saturated heterocycles. The molecule has 1 N–H and O–H groups in total. The molecule has 0 bridgehead atoms. The number of methoxy groups -OCH3 is 1. The molecule has 1 aromatic carbocycles. The van der Waals surface area contributed by atoms with Gasteiger partial charge in [-0.2, -0.15) is 4.31 Å². The zero-order chi connectivity index (χ0) is 18.9. The minimum absolute atomic E-state index is 0.0157. The highest BCUT2D eigenvalue weighted by Gasteiger charge is 2.35. The van der Waals surface area contributed by atoms with E-state index >= 15 is 0 Å². The number of hydrogen-bond acceptors (Lipinski definition) is 5. The summed E-state index contributed by atoms with van der Waals surface area (Å²) in [7, 11) is 0.643. The standard InChI is InChI=1S/C16H24ClN3O4S/c1-10-8-20(9-11(2)18-10)25(22,23)14-7-12(17)6-13(15(14)24-5)16(21)19(3)4/h6-7,10-11,18H,8-9H2,1-5H3. The number of carbonyl (C=O) groups is 1. The van der Waals surface area contributed by atoms with Crippen molar-refractivity contribution < 1.29 is 17.9 Å². The molecule has 1 aliphatic rings. The summed E-state index contributed by atoms with van der Waals surface area (Å²) in [6.45, 7) is 4.52. The molecule has 0 spiro atoms. The number of sulfonamides is 1. The van der Waals surface area contributed by atoms with Crippen molar-refractivity contribution in [3.63, 3.8) is 0 Å². The molecule has 2 atom stereocenters. The predicted octanol–water partition coefficient (Wildman–Crippen LogP) is 1.42. The number of carbonyl (C=O) groups excluding carboxylic acids is 1. The largest absolute Gasteiger partial charge is 0.494 e. The van der Waals surface area contributed by atoms with Crippen LogP contribution in [0.25, 0.3) is 0 Å². The molecule has 1 amide bonds. The van der Waals surface area contributed by atoms with Crippen molar-refractivity contribution in [2.75, 3.05) is 34.3 Å². The maximum atomic E-state index is 13.2. The quantitative estimate of drug-likeness (QED) is 0.842. The number of ether oxygens (including phenoxy) is 1. The van der Waals surface area contributed by atoms with E-state index in [2.05, 4.69) is 5.32 Å². The van der Waals surface area contributed by atoms with Gasteiger partial charge in [-0.1, -0.05) is 11.6 Å². The van der Waals surface area contributed by atoms with E-state index < -0.39 is 10.0 Å². The van der Waals surface area contributed by atoms with Gasteiger partial charge in [0, 0.05) is 44.3 Å². The zero-order valence-electron chi connectivity index (χ0n) is 15.0. The fourth-order valence-electron chi connectivity index (χ4n) is 2.98. The van der Waals surface area contributed by atoms with Gasteiger partial charge >= 0.3 is 0 Å². The van der Waals surface area contributed by atoms with E-state index in [9.17, 15) is 13.2 Å². The van der Waals surface area contributed by atoms with Crippen LogP contribution in [0.4, 0.5) is 0 Å². The van der Waals surface area contributed by atoms with Gasteiger partial charge < -0.3 is 15.0 Å². The van der Waals surface area contributed by atoms with E-state index in [1.54, 1.807) is 14.1 Å². The van der Waals surface area contributed by atoms with E-state index in [1.807, 2.05) is 13.8 Å². The minimum Gasteiger partial charge on any atom is -0.494 e. The first-order valence-electron chi connectivity index (χ1n) is 7.93. The van der Waals surface area contributed by atoms with E-state index in [-0.39, 0.29) is 39.2 Å². The molecule has 1 fully saturated rings. The average Bonchev–Trinajstić information content (AvgIpc) is 2.52. The summed E-state index contributed by atoms with van der Waals surface area (Å²) in [5.74, 6) is -0.361. The molecular weight excluding hydrogens is 366 g/mol.